The lowest BCUT2D eigenvalue weighted by atomic mass is 9.96. The molecule has 0 heterocycles. The van der Waals surface area contributed by atoms with Crippen LogP contribution in [0.2, 0.25) is 0 Å². The summed E-state index contributed by atoms with van der Waals surface area (Å²) in [7, 11) is 0. The molecule has 0 radical (unpaired) electrons. The number of halogens is 1. The highest BCUT2D eigenvalue weighted by Gasteiger charge is 2.10. The van der Waals surface area contributed by atoms with E-state index in [2.05, 4.69) is 13.8 Å². The molecular formula is C14H22FNS. The highest BCUT2D eigenvalue weighted by atomic mass is 32.2. The van der Waals surface area contributed by atoms with Crippen molar-refractivity contribution in [2.24, 2.45) is 11.7 Å². The molecule has 3 heteroatoms. The minimum atomic E-state index is -0.177. The monoisotopic (exact) mass is 255 g/mol. The standard InChI is InChI=1S/C14H22FNS/c1-3-11(4-2)8-13(16)10-17-14-7-5-6-12(15)9-14/h5-7,9,11,13H,3-4,8,10,16H2,1-2H3. The molecule has 1 aromatic rings. The number of benzene rings is 1. The molecule has 0 saturated heterocycles. The van der Waals surface area contributed by atoms with Crippen LogP contribution in [-0.4, -0.2) is 11.8 Å². The van der Waals surface area contributed by atoms with Crippen LogP contribution in [0, 0.1) is 11.7 Å². The highest BCUT2D eigenvalue weighted by Crippen LogP contribution is 2.22. The molecule has 0 aliphatic rings. The Kier molecular flexibility index (Phi) is 6.60. The number of hydrogen-bond donors (Lipinski definition) is 1. The molecule has 0 bridgehead atoms. The molecule has 0 spiro atoms. The molecule has 0 saturated carbocycles. The van der Waals surface area contributed by atoms with Gasteiger partial charge in [-0.2, -0.15) is 0 Å². The summed E-state index contributed by atoms with van der Waals surface area (Å²) >= 11 is 1.64. The van der Waals surface area contributed by atoms with Crippen molar-refractivity contribution in [2.75, 3.05) is 5.75 Å². The fraction of sp³-hybridized carbons (Fsp3) is 0.571. The number of rotatable bonds is 7. The first-order valence-corrected chi connectivity index (χ1v) is 7.28. The lowest BCUT2D eigenvalue weighted by molar-refractivity contribution is 0.424. The van der Waals surface area contributed by atoms with Gasteiger partial charge in [0.1, 0.15) is 5.82 Å². The van der Waals surface area contributed by atoms with E-state index in [4.69, 9.17) is 5.73 Å². The molecule has 0 amide bonds. The van der Waals surface area contributed by atoms with Gasteiger partial charge in [-0.05, 0) is 30.5 Å². The van der Waals surface area contributed by atoms with Crippen molar-refractivity contribution in [2.45, 2.75) is 44.0 Å². The van der Waals surface area contributed by atoms with E-state index in [1.807, 2.05) is 6.07 Å². The normalized spacial score (nSPS) is 13.0. The minimum Gasteiger partial charge on any atom is -0.327 e. The van der Waals surface area contributed by atoms with Gasteiger partial charge in [-0.15, -0.1) is 11.8 Å². The first kappa shape index (κ1) is 14.5. The Balaban J connectivity index is 2.35. The van der Waals surface area contributed by atoms with Crippen molar-refractivity contribution in [1.82, 2.24) is 0 Å². The van der Waals surface area contributed by atoms with Crippen molar-refractivity contribution in [3.8, 4) is 0 Å². The summed E-state index contributed by atoms with van der Waals surface area (Å²) < 4.78 is 13.0. The third-order valence-electron chi connectivity index (χ3n) is 3.05. The van der Waals surface area contributed by atoms with E-state index in [0.717, 1.165) is 23.0 Å². The van der Waals surface area contributed by atoms with Gasteiger partial charge in [0.2, 0.25) is 0 Å². The fourth-order valence-electron chi connectivity index (χ4n) is 1.88. The van der Waals surface area contributed by atoms with E-state index in [9.17, 15) is 4.39 Å². The largest absolute Gasteiger partial charge is 0.327 e. The highest BCUT2D eigenvalue weighted by molar-refractivity contribution is 7.99. The van der Waals surface area contributed by atoms with E-state index in [-0.39, 0.29) is 11.9 Å². The average molecular weight is 255 g/mol. The topological polar surface area (TPSA) is 26.0 Å². The predicted molar refractivity (Wildman–Crippen MR) is 73.8 cm³/mol. The molecule has 1 nitrogen and oxygen atoms in total. The van der Waals surface area contributed by atoms with Gasteiger partial charge in [0.05, 0.1) is 0 Å². The Morgan fingerprint density at radius 3 is 2.59 bits per heavy atom. The van der Waals surface area contributed by atoms with E-state index >= 15 is 0 Å². The zero-order valence-electron chi connectivity index (χ0n) is 10.7. The van der Waals surface area contributed by atoms with Crippen molar-refractivity contribution >= 4 is 11.8 Å². The lowest BCUT2D eigenvalue weighted by Gasteiger charge is -2.17. The molecule has 17 heavy (non-hydrogen) atoms. The van der Waals surface area contributed by atoms with E-state index < -0.39 is 0 Å². The maximum Gasteiger partial charge on any atom is 0.124 e. The second kappa shape index (κ2) is 7.72. The van der Waals surface area contributed by atoms with Crippen molar-refractivity contribution < 1.29 is 4.39 Å². The zero-order chi connectivity index (χ0) is 12.7. The van der Waals surface area contributed by atoms with E-state index in [1.54, 1.807) is 23.9 Å². The number of hydrogen-bond acceptors (Lipinski definition) is 2. The summed E-state index contributed by atoms with van der Waals surface area (Å²) in [6.07, 6.45) is 3.44. The molecule has 1 rings (SSSR count). The molecule has 0 aliphatic heterocycles. The third kappa shape index (κ3) is 5.55. The minimum absolute atomic E-state index is 0.177. The van der Waals surface area contributed by atoms with Gasteiger partial charge in [0.25, 0.3) is 0 Å². The first-order chi connectivity index (χ1) is 8.15. The van der Waals surface area contributed by atoms with Crippen molar-refractivity contribution in [1.29, 1.82) is 0 Å². The van der Waals surface area contributed by atoms with Gasteiger partial charge >= 0.3 is 0 Å². The molecule has 0 fully saturated rings. The number of nitrogens with two attached hydrogens (primary N) is 1. The van der Waals surface area contributed by atoms with Gasteiger partial charge in [-0.3, -0.25) is 0 Å². The van der Waals surface area contributed by atoms with Gasteiger partial charge in [0, 0.05) is 16.7 Å². The van der Waals surface area contributed by atoms with Crippen LogP contribution in [0.5, 0.6) is 0 Å². The fourth-order valence-corrected chi connectivity index (χ4v) is 2.79. The van der Waals surface area contributed by atoms with Crippen LogP contribution in [0.25, 0.3) is 0 Å². The van der Waals surface area contributed by atoms with Gasteiger partial charge in [0.15, 0.2) is 0 Å². The van der Waals surface area contributed by atoms with Crippen LogP contribution in [0.3, 0.4) is 0 Å². The average Bonchev–Trinajstić information content (AvgIpc) is 2.33. The maximum absolute atomic E-state index is 13.0. The van der Waals surface area contributed by atoms with Gasteiger partial charge < -0.3 is 5.73 Å². The van der Waals surface area contributed by atoms with Gasteiger partial charge in [-0.1, -0.05) is 32.8 Å². The molecule has 1 unspecified atom stereocenters. The van der Waals surface area contributed by atoms with Crippen LogP contribution in [0.15, 0.2) is 29.2 Å². The predicted octanol–water partition coefficient (Wildman–Crippen LogP) is 4.07. The Hall–Kier alpha value is -0.540. The molecule has 1 atom stereocenters. The van der Waals surface area contributed by atoms with E-state index in [1.165, 1.54) is 18.9 Å². The Labute approximate surface area is 108 Å². The Bertz CT molecular complexity index is 326. The summed E-state index contributed by atoms with van der Waals surface area (Å²) in [4.78, 5) is 0.963. The Morgan fingerprint density at radius 2 is 2.00 bits per heavy atom. The summed E-state index contributed by atoms with van der Waals surface area (Å²) in [6, 6.07) is 6.90. The first-order valence-electron chi connectivity index (χ1n) is 6.29. The summed E-state index contributed by atoms with van der Waals surface area (Å²) in [5, 5.41) is 0. The van der Waals surface area contributed by atoms with E-state index in [0.29, 0.717) is 0 Å². The Morgan fingerprint density at radius 1 is 1.29 bits per heavy atom. The summed E-state index contributed by atoms with van der Waals surface area (Å²) in [5.74, 6) is 1.40. The molecule has 0 aliphatic carbocycles. The molecular weight excluding hydrogens is 233 g/mol. The summed E-state index contributed by atoms with van der Waals surface area (Å²) in [6.45, 7) is 4.42. The zero-order valence-corrected chi connectivity index (χ0v) is 11.5. The van der Waals surface area contributed by atoms with Crippen molar-refractivity contribution in [3.63, 3.8) is 0 Å². The molecule has 0 aromatic heterocycles. The van der Waals surface area contributed by atoms with Crippen LogP contribution < -0.4 is 5.73 Å². The maximum atomic E-state index is 13.0. The summed E-state index contributed by atoms with van der Waals surface area (Å²) in [5.41, 5.74) is 6.10. The molecule has 1 aromatic carbocycles. The van der Waals surface area contributed by atoms with Crippen LogP contribution in [0.4, 0.5) is 4.39 Å². The second-order valence-corrected chi connectivity index (χ2v) is 5.54. The van der Waals surface area contributed by atoms with Crippen molar-refractivity contribution in [3.05, 3.63) is 30.1 Å². The quantitative estimate of drug-likeness (QED) is 0.743. The third-order valence-corrected chi connectivity index (χ3v) is 4.23. The number of thioether (sulfide) groups is 1. The second-order valence-electron chi connectivity index (χ2n) is 4.45. The van der Waals surface area contributed by atoms with Crippen LogP contribution in [0.1, 0.15) is 33.1 Å². The van der Waals surface area contributed by atoms with Crippen LogP contribution in [-0.2, 0) is 0 Å². The van der Waals surface area contributed by atoms with Gasteiger partial charge in [-0.25, -0.2) is 4.39 Å². The lowest BCUT2D eigenvalue weighted by Crippen LogP contribution is -2.25. The smallest absolute Gasteiger partial charge is 0.124 e. The SMILES string of the molecule is CCC(CC)CC(N)CSc1cccc(F)c1. The molecule has 96 valence electrons. The van der Waals surface area contributed by atoms with Crippen LogP contribution >= 0.6 is 11.8 Å². The molecule has 2 N–H and O–H groups in total.